The first-order chi connectivity index (χ1) is 9.54. The van der Waals surface area contributed by atoms with Crippen molar-refractivity contribution < 1.29 is 9.31 Å². The Morgan fingerprint density at radius 2 is 2.15 bits per heavy atom. The van der Waals surface area contributed by atoms with Gasteiger partial charge in [0, 0.05) is 24.0 Å². The number of nitro benzene ring substituents is 1. The summed E-state index contributed by atoms with van der Waals surface area (Å²) in [5.41, 5.74) is 0.355. The van der Waals surface area contributed by atoms with E-state index in [9.17, 15) is 14.5 Å². The van der Waals surface area contributed by atoms with E-state index >= 15 is 0 Å². The lowest BCUT2D eigenvalue weighted by Crippen LogP contribution is -2.16. The summed E-state index contributed by atoms with van der Waals surface area (Å²) in [6.07, 6.45) is 0.869. The molecule has 0 fully saturated rings. The summed E-state index contributed by atoms with van der Waals surface area (Å²) in [7, 11) is 0. The van der Waals surface area contributed by atoms with Crippen molar-refractivity contribution in [1.82, 2.24) is 5.32 Å². The molecule has 2 aromatic rings. The van der Waals surface area contributed by atoms with Crippen LogP contribution < -0.4 is 5.32 Å². The fourth-order valence-corrected chi connectivity index (χ4v) is 3.25. The fraction of sp³-hybridized carbons (Fsp3) is 0.231. The van der Waals surface area contributed by atoms with Crippen molar-refractivity contribution >= 4 is 33.0 Å². The first-order valence-corrected chi connectivity index (χ1v) is 7.54. The number of non-ortho nitro benzene ring substituents is 1. The van der Waals surface area contributed by atoms with Crippen molar-refractivity contribution in [1.29, 1.82) is 0 Å². The molecule has 0 atom stereocenters. The highest BCUT2D eigenvalue weighted by atomic mass is 79.9. The second kappa shape index (κ2) is 6.92. The van der Waals surface area contributed by atoms with E-state index in [0.29, 0.717) is 12.1 Å². The number of rotatable bonds is 6. The molecule has 106 valence electrons. The first kappa shape index (κ1) is 15.1. The van der Waals surface area contributed by atoms with Crippen LogP contribution in [0.5, 0.6) is 0 Å². The zero-order valence-electron chi connectivity index (χ0n) is 10.4. The molecule has 0 saturated carbocycles. The number of thiophene rings is 1. The third-order valence-corrected chi connectivity index (χ3v) is 4.34. The average Bonchev–Trinajstić information content (AvgIpc) is 2.80. The van der Waals surface area contributed by atoms with Gasteiger partial charge >= 0.3 is 0 Å². The van der Waals surface area contributed by atoms with Crippen LogP contribution >= 0.6 is 27.3 Å². The minimum atomic E-state index is -0.588. The number of nitro groups is 1. The van der Waals surface area contributed by atoms with Crippen molar-refractivity contribution in [2.24, 2.45) is 0 Å². The first-order valence-electron chi connectivity index (χ1n) is 5.93. The molecule has 0 bridgehead atoms. The van der Waals surface area contributed by atoms with Gasteiger partial charge in [-0.15, -0.1) is 11.3 Å². The molecule has 1 aromatic carbocycles. The molecule has 0 aliphatic carbocycles. The third-order valence-electron chi connectivity index (χ3n) is 2.66. The summed E-state index contributed by atoms with van der Waals surface area (Å²) in [6, 6.07) is 7.66. The topological polar surface area (TPSA) is 55.2 Å². The third kappa shape index (κ3) is 4.36. The summed E-state index contributed by atoms with van der Waals surface area (Å²) in [6.45, 7) is 1.14. The summed E-state index contributed by atoms with van der Waals surface area (Å²) in [4.78, 5) is 11.3. The molecule has 2 rings (SSSR count). The lowest BCUT2D eigenvalue weighted by Gasteiger charge is -2.04. The zero-order valence-corrected chi connectivity index (χ0v) is 12.8. The van der Waals surface area contributed by atoms with E-state index < -0.39 is 10.7 Å². The molecule has 7 heteroatoms. The van der Waals surface area contributed by atoms with Crippen LogP contribution in [0.3, 0.4) is 0 Å². The molecule has 0 saturated heterocycles. The Kier molecular flexibility index (Phi) is 5.22. The van der Waals surface area contributed by atoms with Gasteiger partial charge in [0.15, 0.2) is 0 Å². The van der Waals surface area contributed by atoms with E-state index in [-0.39, 0.29) is 5.69 Å². The SMILES string of the molecule is O=[N+]([O-])c1cc(F)cc(CNCCc2ccc(Br)s2)c1. The summed E-state index contributed by atoms with van der Waals surface area (Å²) >= 11 is 5.07. The Morgan fingerprint density at radius 1 is 1.35 bits per heavy atom. The van der Waals surface area contributed by atoms with E-state index in [4.69, 9.17) is 0 Å². The highest BCUT2D eigenvalue weighted by Gasteiger charge is 2.09. The van der Waals surface area contributed by atoms with E-state index in [1.54, 1.807) is 11.3 Å². The number of nitrogens with one attached hydrogen (secondary N) is 1. The lowest BCUT2D eigenvalue weighted by atomic mass is 10.2. The molecule has 20 heavy (non-hydrogen) atoms. The zero-order chi connectivity index (χ0) is 14.5. The Balaban J connectivity index is 1.86. The van der Waals surface area contributed by atoms with Crippen LogP contribution in [0.15, 0.2) is 34.1 Å². The summed E-state index contributed by atoms with van der Waals surface area (Å²) < 4.78 is 14.3. The van der Waals surface area contributed by atoms with Crippen molar-refractivity contribution in [3.05, 3.63) is 60.5 Å². The highest BCUT2D eigenvalue weighted by molar-refractivity contribution is 9.11. The van der Waals surface area contributed by atoms with Crippen molar-refractivity contribution in [3.63, 3.8) is 0 Å². The largest absolute Gasteiger partial charge is 0.312 e. The number of benzene rings is 1. The molecule has 0 spiro atoms. The summed E-state index contributed by atoms with van der Waals surface area (Å²) in [5.74, 6) is -0.585. The van der Waals surface area contributed by atoms with E-state index in [2.05, 4.69) is 21.2 Å². The maximum atomic E-state index is 13.2. The van der Waals surface area contributed by atoms with Gasteiger partial charge in [0.25, 0.3) is 5.69 Å². The van der Waals surface area contributed by atoms with Gasteiger partial charge in [0.2, 0.25) is 0 Å². The Hall–Kier alpha value is -1.31. The molecular weight excluding hydrogens is 347 g/mol. The van der Waals surface area contributed by atoms with Crippen LogP contribution in [0.2, 0.25) is 0 Å². The van der Waals surface area contributed by atoms with Crippen molar-refractivity contribution in [2.75, 3.05) is 6.54 Å². The van der Waals surface area contributed by atoms with Crippen LogP contribution in [0, 0.1) is 15.9 Å². The van der Waals surface area contributed by atoms with Gasteiger partial charge in [-0.25, -0.2) is 4.39 Å². The summed E-state index contributed by atoms with van der Waals surface area (Å²) in [5, 5.41) is 13.8. The predicted octanol–water partition coefficient (Wildman–Crippen LogP) is 3.89. The molecular formula is C13H12BrFN2O2S. The van der Waals surface area contributed by atoms with Gasteiger partial charge in [-0.3, -0.25) is 10.1 Å². The van der Waals surface area contributed by atoms with Gasteiger partial charge < -0.3 is 5.32 Å². The van der Waals surface area contributed by atoms with Gasteiger partial charge in [0.1, 0.15) is 5.82 Å². The smallest absolute Gasteiger partial charge is 0.272 e. The number of hydrogen-bond donors (Lipinski definition) is 1. The van der Waals surface area contributed by atoms with Crippen LogP contribution in [0.4, 0.5) is 10.1 Å². The highest BCUT2D eigenvalue weighted by Crippen LogP contribution is 2.22. The minimum absolute atomic E-state index is 0.219. The molecule has 0 aliphatic heterocycles. The standard InChI is InChI=1S/C13H12BrFN2O2S/c14-13-2-1-12(20-13)3-4-16-8-9-5-10(15)7-11(6-9)17(18)19/h1-2,5-7,16H,3-4,8H2. The van der Waals surface area contributed by atoms with Gasteiger partial charge in [-0.05, 0) is 46.1 Å². The van der Waals surface area contributed by atoms with Gasteiger partial charge in [-0.1, -0.05) is 0 Å². The fourth-order valence-electron chi connectivity index (χ4n) is 1.77. The second-order valence-electron chi connectivity index (χ2n) is 4.21. The molecule has 1 aromatic heterocycles. The molecule has 4 nitrogen and oxygen atoms in total. The monoisotopic (exact) mass is 358 g/mol. The molecule has 0 radical (unpaired) electrons. The Labute approximate surface area is 127 Å². The van der Waals surface area contributed by atoms with Gasteiger partial charge in [0.05, 0.1) is 14.8 Å². The van der Waals surface area contributed by atoms with Crippen LogP contribution in [-0.4, -0.2) is 11.5 Å². The van der Waals surface area contributed by atoms with Crippen molar-refractivity contribution in [2.45, 2.75) is 13.0 Å². The van der Waals surface area contributed by atoms with Crippen LogP contribution in [0.1, 0.15) is 10.4 Å². The minimum Gasteiger partial charge on any atom is -0.312 e. The van der Waals surface area contributed by atoms with E-state index in [0.717, 1.165) is 22.8 Å². The molecule has 0 amide bonds. The molecule has 0 unspecified atom stereocenters. The second-order valence-corrected chi connectivity index (χ2v) is 6.75. The van der Waals surface area contributed by atoms with Crippen LogP contribution in [-0.2, 0) is 13.0 Å². The van der Waals surface area contributed by atoms with Crippen molar-refractivity contribution in [3.8, 4) is 0 Å². The number of hydrogen-bond acceptors (Lipinski definition) is 4. The average molecular weight is 359 g/mol. The lowest BCUT2D eigenvalue weighted by molar-refractivity contribution is -0.385. The predicted molar refractivity (Wildman–Crippen MR) is 80.5 cm³/mol. The number of nitrogens with zero attached hydrogens (tertiary/aromatic N) is 1. The quantitative estimate of drug-likeness (QED) is 0.484. The van der Waals surface area contributed by atoms with E-state index in [1.165, 1.54) is 17.0 Å². The van der Waals surface area contributed by atoms with Crippen LogP contribution in [0.25, 0.3) is 0 Å². The Bertz CT molecular complexity index is 618. The normalized spacial score (nSPS) is 10.7. The van der Waals surface area contributed by atoms with Gasteiger partial charge in [-0.2, -0.15) is 0 Å². The molecule has 0 aliphatic rings. The maximum absolute atomic E-state index is 13.2. The maximum Gasteiger partial charge on any atom is 0.272 e. The Morgan fingerprint density at radius 3 is 2.80 bits per heavy atom. The molecule has 1 heterocycles. The number of halogens is 2. The van der Waals surface area contributed by atoms with E-state index in [1.807, 2.05) is 12.1 Å². The molecule has 1 N–H and O–H groups in total.